The van der Waals surface area contributed by atoms with Crippen LogP contribution in [0.4, 0.5) is 11.4 Å². The van der Waals surface area contributed by atoms with Gasteiger partial charge in [0.05, 0.1) is 6.42 Å². The summed E-state index contributed by atoms with van der Waals surface area (Å²) in [6.45, 7) is 0. The zero-order valence-corrected chi connectivity index (χ0v) is 16.1. The van der Waals surface area contributed by atoms with Crippen LogP contribution in [0.5, 0.6) is 0 Å². The molecule has 0 aromatic heterocycles. The molecule has 0 unspecified atom stereocenters. The molecule has 3 aromatic carbocycles. The van der Waals surface area contributed by atoms with E-state index in [0.717, 1.165) is 11.1 Å². The molecule has 0 aliphatic heterocycles. The molecule has 0 aliphatic rings. The maximum atomic E-state index is 12.2. The average molecular weight is 393 g/mol. The van der Waals surface area contributed by atoms with Crippen LogP contribution in [0.3, 0.4) is 0 Å². The summed E-state index contributed by atoms with van der Waals surface area (Å²) in [6, 6.07) is 24.2. The molecule has 0 atom stereocenters. The highest BCUT2D eigenvalue weighted by Gasteiger charge is 2.08. The van der Waals surface area contributed by atoms with E-state index in [1.54, 1.807) is 24.3 Å². The average Bonchev–Trinajstić information content (AvgIpc) is 2.68. The van der Waals surface area contributed by atoms with Crippen LogP contribution in [0.15, 0.2) is 78.9 Å². The van der Waals surface area contributed by atoms with Crippen LogP contribution in [0.25, 0.3) is 0 Å². The Hall–Kier alpha value is -3.11. The van der Waals surface area contributed by atoms with Crippen LogP contribution >= 0.6 is 11.6 Å². The molecule has 3 aromatic rings. The zero-order valence-electron chi connectivity index (χ0n) is 15.3. The van der Waals surface area contributed by atoms with Gasteiger partial charge in [-0.05, 0) is 41.8 Å². The Balaban J connectivity index is 1.53. The second-order valence-electron chi connectivity index (χ2n) is 6.43. The van der Waals surface area contributed by atoms with Gasteiger partial charge in [0, 0.05) is 22.8 Å². The van der Waals surface area contributed by atoms with E-state index in [1.807, 2.05) is 54.6 Å². The Kier molecular flexibility index (Phi) is 6.82. The maximum absolute atomic E-state index is 12.2. The number of rotatable bonds is 7. The minimum atomic E-state index is -0.104. The first-order valence-corrected chi connectivity index (χ1v) is 9.45. The van der Waals surface area contributed by atoms with E-state index in [1.165, 1.54) is 0 Å². The second-order valence-corrected chi connectivity index (χ2v) is 6.84. The van der Waals surface area contributed by atoms with Gasteiger partial charge in [-0.15, -0.1) is 0 Å². The summed E-state index contributed by atoms with van der Waals surface area (Å²) in [5, 5.41) is 6.39. The van der Waals surface area contributed by atoms with E-state index < -0.39 is 0 Å². The molecule has 0 heterocycles. The van der Waals surface area contributed by atoms with Gasteiger partial charge in [0.25, 0.3) is 0 Å². The normalized spacial score (nSPS) is 10.3. The molecular weight excluding hydrogens is 372 g/mol. The quantitative estimate of drug-likeness (QED) is 0.588. The Morgan fingerprint density at radius 1 is 0.750 bits per heavy atom. The number of hydrogen-bond acceptors (Lipinski definition) is 2. The smallest absolute Gasteiger partial charge is 0.228 e. The van der Waals surface area contributed by atoms with E-state index in [2.05, 4.69) is 10.6 Å². The molecule has 2 N–H and O–H groups in total. The van der Waals surface area contributed by atoms with Gasteiger partial charge >= 0.3 is 0 Å². The SMILES string of the molecule is O=C(CCc1ccccc1Cl)Nc1cccc(NC(=O)Cc2ccccc2)c1. The summed E-state index contributed by atoms with van der Waals surface area (Å²) in [7, 11) is 0. The monoisotopic (exact) mass is 392 g/mol. The van der Waals surface area contributed by atoms with E-state index >= 15 is 0 Å². The van der Waals surface area contributed by atoms with Crippen molar-refractivity contribution < 1.29 is 9.59 Å². The lowest BCUT2D eigenvalue weighted by molar-refractivity contribution is -0.116. The molecular formula is C23H21ClN2O2. The summed E-state index contributed by atoms with van der Waals surface area (Å²) >= 11 is 6.12. The second kappa shape index (κ2) is 9.72. The number of amides is 2. The van der Waals surface area contributed by atoms with Gasteiger partial charge in [-0.25, -0.2) is 0 Å². The van der Waals surface area contributed by atoms with Crippen LogP contribution in [-0.4, -0.2) is 11.8 Å². The molecule has 0 saturated carbocycles. The van der Waals surface area contributed by atoms with Gasteiger partial charge in [-0.1, -0.05) is 66.2 Å². The number of aryl methyl sites for hydroxylation is 1. The molecule has 0 aliphatic carbocycles. The van der Waals surface area contributed by atoms with Crippen LogP contribution in [-0.2, 0) is 22.4 Å². The highest BCUT2D eigenvalue weighted by molar-refractivity contribution is 6.31. The van der Waals surface area contributed by atoms with Gasteiger partial charge < -0.3 is 10.6 Å². The minimum Gasteiger partial charge on any atom is -0.326 e. The zero-order chi connectivity index (χ0) is 19.8. The highest BCUT2D eigenvalue weighted by atomic mass is 35.5. The van der Waals surface area contributed by atoms with Gasteiger partial charge in [-0.2, -0.15) is 0 Å². The molecule has 142 valence electrons. The Morgan fingerprint density at radius 3 is 2.11 bits per heavy atom. The number of halogens is 1. The fourth-order valence-corrected chi connectivity index (χ4v) is 3.06. The lowest BCUT2D eigenvalue weighted by Gasteiger charge is -2.09. The molecule has 5 heteroatoms. The van der Waals surface area contributed by atoms with Crippen molar-refractivity contribution in [3.8, 4) is 0 Å². The van der Waals surface area contributed by atoms with Crippen molar-refractivity contribution in [2.75, 3.05) is 10.6 Å². The van der Waals surface area contributed by atoms with Gasteiger partial charge in [-0.3, -0.25) is 9.59 Å². The molecule has 3 rings (SSSR count). The number of benzene rings is 3. The van der Waals surface area contributed by atoms with E-state index in [-0.39, 0.29) is 11.8 Å². The number of nitrogens with one attached hydrogen (secondary N) is 2. The van der Waals surface area contributed by atoms with Crippen molar-refractivity contribution in [3.05, 3.63) is 95.0 Å². The van der Waals surface area contributed by atoms with Crippen LogP contribution in [0.1, 0.15) is 17.5 Å². The Morgan fingerprint density at radius 2 is 1.39 bits per heavy atom. The molecule has 0 fully saturated rings. The van der Waals surface area contributed by atoms with Crippen molar-refractivity contribution in [1.29, 1.82) is 0 Å². The van der Waals surface area contributed by atoms with Gasteiger partial charge in [0.15, 0.2) is 0 Å². The summed E-state index contributed by atoms with van der Waals surface area (Å²) in [6.07, 6.45) is 1.20. The molecule has 0 saturated heterocycles. The van der Waals surface area contributed by atoms with E-state index in [9.17, 15) is 9.59 Å². The predicted molar refractivity (Wildman–Crippen MR) is 114 cm³/mol. The Labute approximate surface area is 169 Å². The number of hydrogen-bond donors (Lipinski definition) is 2. The van der Waals surface area contributed by atoms with Crippen LogP contribution in [0.2, 0.25) is 5.02 Å². The number of carbonyl (C=O) groups is 2. The lowest BCUT2D eigenvalue weighted by Crippen LogP contribution is -2.15. The first-order valence-electron chi connectivity index (χ1n) is 9.07. The molecule has 2 amide bonds. The molecule has 28 heavy (non-hydrogen) atoms. The molecule has 0 radical (unpaired) electrons. The first-order chi connectivity index (χ1) is 13.6. The third-order valence-corrected chi connectivity index (χ3v) is 4.59. The standard InChI is InChI=1S/C23H21ClN2O2/c24-21-12-5-4-9-18(21)13-14-22(27)25-19-10-6-11-20(16-19)26-23(28)15-17-7-2-1-3-8-17/h1-12,16H,13-15H2,(H,25,27)(H,26,28). The molecule has 4 nitrogen and oxygen atoms in total. The topological polar surface area (TPSA) is 58.2 Å². The van der Waals surface area contributed by atoms with Crippen molar-refractivity contribution in [2.24, 2.45) is 0 Å². The van der Waals surface area contributed by atoms with Crippen molar-refractivity contribution in [1.82, 2.24) is 0 Å². The van der Waals surface area contributed by atoms with E-state index in [4.69, 9.17) is 11.6 Å². The van der Waals surface area contributed by atoms with Crippen molar-refractivity contribution in [2.45, 2.75) is 19.3 Å². The summed E-state index contributed by atoms with van der Waals surface area (Å²) < 4.78 is 0. The summed E-state index contributed by atoms with van der Waals surface area (Å²) in [5.41, 5.74) is 3.18. The maximum Gasteiger partial charge on any atom is 0.228 e. The van der Waals surface area contributed by atoms with Gasteiger partial charge in [0.1, 0.15) is 0 Å². The van der Waals surface area contributed by atoms with Crippen LogP contribution < -0.4 is 10.6 Å². The number of anilines is 2. The third-order valence-electron chi connectivity index (χ3n) is 4.22. The fraction of sp³-hybridized carbons (Fsp3) is 0.130. The Bertz CT molecular complexity index is 958. The molecule has 0 bridgehead atoms. The minimum absolute atomic E-state index is 0.103. The third kappa shape index (κ3) is 5.96. The molecule has 0 spiro atoms. The lowest BCUT2D eigenvalue weighted by atomic mass is 10.1. The summed E-state index contributed by atoms with van der Waals surface area (Å²) in [4.78, 5) is 24.4. The van der Waals surface area contributed by atoms with Gasteiger partial charge in [0.2, 0.25) is 11.8 Å². The summed E-state index contributed by atoms with van der Waals surface area (Å²) in [5.74, 6) is -0.207. The number of carbonyl (C=O) groups excluding carboxylic acids is 2. The highest BCUT2D eigenvalue weighted by Crippen LogP contribution is 2.18. The first kappa shape index (κ1) is 19.6. The van der Waals surface area contributed by atoms with E-state index in [0.29, 0.717) is 35.7 Å². The van der Waals surface area contributed by atoms with Crippen LogP contribution in [0, 0.1) is 0 Å². The fourth-order valence-electron chi connectivity index (χ4n) is 2.83. The van der Waals surface area contributed by atoms with Crippen molar-refractivity contribution in [3.63, 3.8) is 0 Å². The predicted octanol–water partition coefficient (Wildman–Crippen LogP) is 5.09. The largest absolute Gasteiger partial charge is 0.326 e. The van der Waals surface area contributed by atoms with Crippen molar-refractivity contribution >= 4 is 34.8 Å².